The molecule has 0 atom stereocenters. The van der Waals surface area contributed by atoms with E-state index in [0.29, 0.717) is 16.2 Å². The largest absolute Gasteiger partial charge is 0.285 e. The number of thiazole rings is 1. The summed E-state index contributed by atoms with van der Waals surface area (Å²) in [6, 6.07) is 6.69. The Morgan fingerprint density at radius 3 is 2.74 bits per heavy atom. The molecule has 0 spiro atoms. The van der Waals surface area contributed by atoms with Gasteiger partial charge in [-0.3, -0.25) is 14.2 Å². The van der Waals surface area contributed by atoms with Crippen molar-refractivity contribution in [1.82, 2.24) is 19.1 Å². The molecule has 0 aliphatic heterocycles. The molecule has 4 rings (SSSR count). The van der Waals surface area contributed by atoms with Gasteiger partial charge in [0, 0.05) is 22.7 Å². The molecular weight excluding hydrogens is 384 g/mol. The summed E-state index contributed by atoms with van der Waals surface area (Å²) in [5.74, 6) is -0.720. The van der Waals surface area contributed by atoms with Gasteiger partial charge in [0.25, 0.3) is 15.9 Å². The highest BCUT2D eigenvalue weighted by atomic mass is 32.2. The number of carbonyl (C=O) groups is 1. The van der Waals surface area contributed by atoms with Crippen molar-refractivity contribution >= 4 is 43.1 Å². The molecule has 1 N–H and O–H groups in total. The topological polar surface area (TPSA) is 93.4 Å². The molecule has 1 aromatic carbocycles. The first-order valence-electron chi connectivity index (χ1n) is 8.14. The summed E-state index contributed by atoms with van der Waals surface area (Å²) in [6.45, 7) is 5.46. The van der Waals surface area contributed by atoms with Crippen molar-refractivity contribution in [3.63, 3.8) is 0 Å². The van der Waals surface area contributed by atoms with Crippen molar-refractivity contribution in [2.24, 2.45) is 0 Å². The van der Waals surface area contributed by atoms with Gasteiger partial charge in [-0.25, -0.2) is 18.1 Å². The van der Waals surface area contributed by atoms with Crippen molar-refractivity contribution in [2.75, 3.05) is 0 Å². The zero-order valence-electron chi connectivity index (χ0n) is 14.8. The first-order chi connectivity index (χ1) is 12.8. The fraction of sp³-hybridized carbons (Fsp3) is 0.167. The summed E-state index contributed by atoms with van der Waals surface area (Å²) < 4.78 is 29.6. The fourth-order valence-corrected chi connectivity index (χ4v) is 5.06. The third-order valence-corrected chi connectivity index (χ3v) is 6.56. The number of fused-ring (bicyclic) bond motifs is 2. The lowest BCUT2D eigenvalue weighted by Crippen LogP contribution is -2.32. The summed E-state index contributed by atoms with van der Waals surface area (Å²) in [6.07, 6.45) is 3.32. The first kappa shape index (κ1) is 17.6. The SMILES string of the molecule is Cc1cn2c(C(=O)NS(=O)(=O)c3cccc4c(C)ccnc34)c(C)nc2s1. The first-order valence-corrected chi connectivity index (χ1v) is 10.4. The number of amides is 1. The zero-order valence-corrected chi connectivity index (χ0v) is 16.5. The van der Waals surface area contributed by atoms with E-state index in [-0.39, 0.29) is 10.6 Å². The molecule has 1 amide bonds. The van der Waals surface area contributed by atoms with Crippen LogP contribution in [0.2, 0.25) is 0 Å². The van der Waals surface area contributed by atoms with Crippen LogP contribution in [0.15, 0.2) is 41.6 Å². The molecule has 3 heterocycles. The maximum atomic E-state index is 12.9. The number of para-hydroxylation sites is 1. The molecule has 0 bridgehead atoms. The second kappa shape index (κ2) is 6.14. The molecule has 0 unspecified atom stereocenters. The summed E-state index contributed by atoms with van der Waals surface area (Å²) >= 11 is 1.43. The number of nitrogens with zero attached hydrogens (tertiary/aromatic N) is 3. The Hall–Kier alpha value is -2.78. The van der Waals surface area contributed by atoms with Gasteiger partial charge in [-0.15, -0.1) is 11.3 Å². The lowest BCUT2D eigenvalue weighted by atomic mass is 10.1. The third kappa shape index (κ3) is 2.88. The van der Waals surface area contributed by atoms with Crippen LogP contribution < -0.4 is 4.72 Å². The van der Waals surface area contributed by atoms with Gasteiger partial charge >= 0.3 is 0 Å². The second-order valence-corrected chi connectivity index (χ2v) is 9.12. The van der Waals surface area contributed by atoms with Gasteiger partial charge in [0.1, 0.15) is 10.6 Å². The quantitative estimate of drug-likeness (QED) is 0.571. The summed E-state index contributed by atoms with van der Waals surface area (Å²) in [5, 5.41) is 0.726. The number of aromatic nitrogens is 3. The maximum absolute atomic E-state index is 12.9. The van der Waals surface area contributed by atoms with Gasteiger partial charge in [0.2, 0.25) is 0 Å². The Morgan fingerprint density at radius 1 is 1.19 bits per heavy atom. The van der Waals surface area contributed by atoms with Crippen LogP contribution in [-0.2, 0) is 10.0 Å². The van der Waals surface area contributed by atoms with Gasteiger partial charge in [0.05, 0.1) is 11.2 Å². The molecular formula is C18H16N4O3S2. The van der Waals surface area contributed by atoms with E-state index in [1.165, 1.54) is 17.4 Å². The number of hydrogen-bond donors (Lipinski definition) is 1. The molecule has 4 aromatic rings. The minimum atomic E-state index is -4.11. The summed E-state index contributed by atoms with van der Waals surface area (Å²) in [4.78, 5) is 22.9. The average molecular weight is 400 g/mol. The lowest BCUT2D eigenvalue weighted by Gasteiger charge is -2.10. The van der Waals surface area contributed by atoms with E-state index in [0.717, 1.165) is 15.8 Å². The Labute approximate surface area is 159 Å². The summed E-state index contributed by atoms with van der Waals surface area (Å²) in [5.41, 5.74) is 1.92. The lowest BCUT2D eigenvalue weighted by molar-refractivity contribution is 0.0975. The number of aryl methyl sites for hydroxylation is 3. The predicted molar refractivity (Wildman–Crippen MR) is 104 cm³/mol. The second-order valence-electron chi connectivity index (χ2n) is 6.25. The Morgan fingerprint density at radius 2 is 1.96 bits per heavy atom. The van der Waals surface area contributed by atoms with Crippen molar-refractivity contribution in [3.8, 4) is 0 Å². The van der Waals surface area contributed by atoms with Gasteiger partial charge in [-0.2, -0.15) is 0 Å². The van der Waals surface area contributed by atoms with Gasteiger partial charge in [0.15, 0.2) is 4.96 Å². The number of nitrogens with one attached hydrogen (secondary N) is 1. The number of pyridine rings is 1. The number of sulfonamides is 1. The van der Waals surface area contributed by atoms with Crippen molar-refractivity contribution < 1.29 is 13.2 Å². The minimum Gasteiger partial charge on any atom is -0.285 e. The van der Waals surface area contributed by atoms with E-state index in [1.54, 1.807) is 35.9 Å². The molecule has 0 radical (unpaired) electrons. The Balaban J connectivity index is 1.79. The molecule has 0 saturated carbocycles. The Bertz CT molecular complexity index is 1320. The van der Waals surface area contributed by atoms with Crippen molar-refractivity contribution in [1.29, 1.82) is 0 Å². The highest BCUT2D eigenvalue weighted by Gasteiger charge is 2.26. The minimum absolute atomic E-state index is 0.0306. The molecule has 7 nitrogen and oxygen atoms in total. The number of carbonyl (C=O) groups excluding carboxylic acids is 1. The molecule has 138 valence electrons. The Kier molecular flexibility index (Phi) is 4.01. The highest BCUT2D eigenvalue weighted by molar-refractivity contribution is 7.90. The van der Waals surface area contributed by atoms with E-state index in [1.807, 2.05) is 19.9 Å². The van der Waals surface area contributed by atoms with Crippen LogP contribution in [0.4, 0.5) is 0 Å². The average Bonchev–Trinajstić information content (AvgIpc) is 3.08. The monoisotopic (exact) mass is 400 g/mol. The molecule has 0 aliphatic carbocycles. The highest BCUT2D eigenvalue weighted by Crippen LogP contribution is 2.24. The van der Waals surface area contributed by atoms with Crippen LogP contribution in [0.5, 0.6) is 0 Å². The van der Waals surface area contributed by atoms with Crippen LogP contribution in [0.25, 0.3) is 15.9 Å². The third-order valence-electron chi connectivity index (χ3n) is 4.30. The number of hydrogen-bond acceptors (Lipinski definition) is 6. The molecule has 9 heteroatoms. The van der Waals surface area contributed by atoms with Gasteiger partial charge in [-0.05, 0) is 38.5 Å². The van der Waals surface area contributed by atoms with Crippen LogP contribution in [-0.4, -0.2) is 28.7 Å². The van der Waals surface area contributed by atoms with E-state index in [4.69, 9.17) is 0 Å². The standard InChI is InChI=1S/C18H16N4O3S2/c1-10-7-8-19-15-13(10)5-4-6-14(15)27(24,25)21-17(23)16-12(3)20-18-22(16)9-11(2)26-18/h4-9H,1-3H3,(H,21,23). The molecule has 27 heavy (non-hydrogen) atoms. The van der Waals surface area contributed by atoms with E-state index in [2.05, 4.69) is 14.7 Å². The van der Waals surface area contributed by atoms with E-state index < -0.39 is 15.9 Å². The molecule has 3 aromatic heterocycles. The zero-order chi connectivity index (χ0) is 19.3. The normalized spacial score (nSPS) is 12.0. The van der Waals surface area contributed by atoms with E-state index >= 15 is 0 Å². The molecule has 0 aliphatic rings. The number of benzene rings is 1. The number of imidazole rings is 1. The van der Waals surface area contributed by atoms with Crippen LogP contribution in [0.1, 0.15) is 26.6 Å². The fourth-order valence-electron chi connectivity index (χ4n) is 3.07. The van der Waals surface area contributed by atoms with E-state index in [9.17, 15) is 13.2 Å². The van der Waals surface area contributed by atoms with Crippen LogP contribution in [0.3, 0.4) is 0 Å². The smallest absolute Gasteiger partial charge is 0.283 e. The van der Waals surface area contributed by atoms with Crippen molar-refractivity contribution in [3.05, 3.63) is 58.5 Å². The van der Waals surface area contributed by atoms with Crippen LogP contribution in [0, 0.1) is 20.8 Å². The van der Waals surface area contributed by atoms with Gasteiger partial charge in [-0.1, -0.05) is 12.1 Å². The molecule has 0 saturated heterocycles. The van der Waals surface area contributed by atoms with Crippen molar-refractivity contribution in [2.45, 2.75) is 25.7 Å². The molecule has 0 fully saturated rings. The maximum Gasteiger partial charge on any atom is 0.283 e. The van der Waals surface area contributed by atoms with Gasteiger partial charge < -0.3 is 0 Å². The number of rotatable bonds is 3. The predicted octanol–water partition coefficient (Wildman–Crippen LogP) is 2.99. The summed E-state index contributed by atoms with van der Waals surface area (Å²) in [7, 11) is -4.11. The van der Waals surface area contributed by atoms with Crippen LogP contribution >= 0.6 is 11.3 Å².